The van der Waals surface area contributed by atoms with Crippen molar-refractivity contribution in [2.24, 2.45) is 5.92 Å². The van der Waals surface area contributed by atoms with Gasteiger partial charge in [0.1, 0.15) is 0 Å². The third kappa shape index (κ3) is 4.06. The third-order valence-corrected chi connectivity index (χ3v) is 3.99. The Labute approximate surface area is 137 Å². The molecule has 0 saturated carbocycles. The fourth-order valence-corrected chi connectivity index (χ4v) is 2.76. The molecule has 128 valence electrons. The van der Waals surface area contributed by atoms with Crippen molar-refractivity contribution >= 4 is 11.9 Å². The fraction of sp³-hybridized carbons (Fsp3) is 0.438. The van der Waals surface area contributed by atoms with Crippen molar-refractivity contribution in [2.75, 3.05) is 25.0 Å². The average molecular weight is 336 g/mol. The number of nitrogens with one attached hydrogen (secondary N) is 1. The van der Waals surface area contributed by atoms with Crippen LogP contribution in [0.2, 0.25) is 0 Å². The van der Waals surface area contributed by atoms with E-state index in [2.05, 4.69) is 15.5 Å². The Morgan fingerprint density at radius 3 is 2.88 bits per heavy atom. The molecule has 1 fully saturated rings. The van der Waals surface area contributed by atoms with Crippen LogP contribution in [0.15, 0.2) is 34.7 Å². The van der Waals surface area contributed by atoms with Crippen LogP contribution >= 0.6 is 0 Å². The lowest BCUT2D eigenvalue weighted by molar-refractivity contribution is -0.128. The maximum absolute atomic E-state index is 12.4. The summed E-state index contributed by atoms with van der Waals surface area (Å²) >= 11 is 0. The molecule has 0 bridgehead atoms. The average Bonchev–Trinajstić information content (AvgIpc) is 3.22. The molecule has 1 aromatic carbocycles. The lowest BCUT2D eigenvalue weighted by atomic mass is 10.1. The van der Waals surface area contributed by atoms with Crippen LogP contribution in [0.5, 0.6) is 0 Å². The molecule has 2 heterocycles. The van der Waals surface area contributed by atoms with E-state index < -0.39 is 6.43 Å². The summed E-state index contributed by atoms with van der Waals surface area (Å²) in [5, 5.41) is 10.6. The highest BCUT2D eigenvalue weighted by atomic mass is 19.3. The zero-order valence-electron chi connectivity index (χ0n) is 13.0. The number of hydrogen-bond donors (Lipinski definition) is 1. The van der Waals surface area contributed by atoms with Crippen LogP contribution in [0.25, 0.3) is 11.5 Å². The van der Waals surface area contributed by atoms with Gasteiger partial charge in [-0.1, -0.05) is 23.3 Å². The van der Waals surface area contributed by atoms with Crippen LogP contribution in [0.3, 0.4) is 0 Å². The van der Waals surface area contributed by atoms with E-state index in [0.717, 1.165) is 5.56 Å². The molecule has 0 aliphatic carbocycles. The predicted octanol–water partition coefficient (Wildman–Crippen LogP) is 2.65. The number of anilines is 1. The molecule has 1 atom stereocenters. The van der Waals surface area contributed by atoms with Crippen molar-refractivity contribution in [2.45, 2.75) is 19.3 Å². The van der Waals surface area contributed by atoms with Gasteiger partial charge in [-0.25, -0.2) is 8.78 Å². The molecule has 1 aliphatic heterocycles. The summed E-state index contributed by atoms with van der Waals surface area (Å²) in [5.41, 5.74) is 0.791. The Morgan fingerprint density at radius 1 is 1.33 bits per heavy atom. The highest BCUT2D eigenvalue weighted by Gasteiger charge is 2.28. The van der Waals surface area contributed by atoms with Gasteiger partial charge in [0.15, 0.2) is 0 Å². The van der Waals surface area contributed by atoms with Crippen LogP contribution in [-0.2, 0) is 4.79 Å². The highest BCUT2D eigenvalue weighted by Crippen LogP contribution is 2.23. The molecule has 0 radical (unpaired) electrons. The molecule has 1 N–H and O–H groups in total. The van der Waals surface area contributed by atoms with Crippen molar-refractivity contribution in [1.29, 1.82) is 0 Å². The van der Waals surface area contributed by atoms with Gasteiger partial charge in [-0.3, -0.25) is 4.79 Å². The number of alkyl halides is 2. The van der Waals surface area contributed by atoms with E-state index in [4.69, 9.17) is 4.42 Å². The van der Waals surface area contributed by atoms with Gasteiger partial charge < -0.3 is 14.6 Å². The Bertz CT molecular complexity index is 678. The molecule has 6 nitrogen and oxygen atoms in total. The summed E-state index contributed by atoms with van der Waals surface area (Å²) in [6, 6.07) is 9.45. The predicted molar refractivity (Wildman–Crippen MR) is 83.5 cm³/mol. The second-order valence-electron chi connectivity index (χ2n) is 5.75. The van der Waals surface area contributed by atoms with Crippen LogP contribution < -0.4 is 5.32 Å². The maximum Gasteiger partial charge on any atom is 0.316 e. The quantitative estimate of drug-likeness (QED) is 0.878. The number of halogens is 2. The Kier molecular flexibility index (Phi) is 5.02. The summed E-state index contributed by atoms with van der Waals surface area (Å²) in [6.07, 6.45) is -1.85. The molecule has 1 aliphatic rings. The van der Waals surface area contributed by atoms with E-state index in [9.17, 15) is 13.6 Å². The van der Waals surface area contributed by atoms with E-state index in [1.165, 1.54) is 0 Å². The number of aromatic nitrogens is 2. The van der Waals surface area contributed by atoms with Crippen molar-refractivity contribution in [3.8, 4) is 11.5 Å². The normalized spacial score (nSPS) is 17.5. The zero-order chi connectivity index (χ0) is 16.9. The van der Waals surface area contributed by atoms with Gasteiger partial charge in [0, 0.05) is 25.1 Å². The molecule has 1 saturated heterocycles. The summed E-state index contributed by atoms with van der Waals surface area (Å²) in [6.45, 7) is 0.888. The molecule has 1 unspecified atom stereocenters. The Hall–Kier alpha value is -2.51. The van der Waals surface area contributed by atoms with Crippen molar-refractivity contribution < 1.29 is 18.0 Å². The van der Waals surface area contributed by atoms with Crippen LogP contribution in [0.4, 0.5) is 14.8 Å². The molecule has 1 aromatic heterocycles. The van der Waals surface area contributed by atoms with E-state index in [-0.39, 0.29) is 30.8 Å². The number of amides is 1. The molecule has 8 heteroatoms. The third-order valence-electron chi connectivity index (χ3n) is 3.99. The van der Waals surface area contributed by atoms with Gasteiger partial charge in [-0.15, -0.1) is 5.10 Å². The van der Waals surface area contributed by atoms with E-state index in [0.29, 0.717) is 25.4 Å². The minimum Gasteiger partial charge on any atom is -0.403 e. The summed E-state index contributed by atoms with van der Waals surface area (Å²) in [7, 11) is 0. The SMILES string of the molecule is O=C(CNc1nnc(-c2ccccc2)o1)N1CCC(CC(F)F)C1. The van der Waals surface area contributed by atoms with E-state index in [1.54, 1.807) is 4.90 Å². The smallest absolute Gasteiger partial charge is 0.316 e. The molecular formula is C16H18F2N4O2. The standard InChI is InChI=1S/C16H18F2N4O2/c17-13(18)8-11-6-7-22(10-11)14(23)9-19-16-21-20-15(24-16)12-4-2-1-3-5-12/h1-5,11,13H,6-10H2,(H,19,21). The van der Waals surface area contributed by atoms with Crippen molar-refractivity contribution in [3.63, 3.8) is 0 Å². The molecule has 2 aromatic rings. The van der Waals surface area contributed by atoms with Gasteiger partial charge >= 0.3 is 6.01 Å². The highest BCUT2D eigenvalue weighted by molar-refractivity contribution is 5.80. The number of likely N-dealkylation sites (tertiary alicyclic amines) is 1. The molecule has 0 spiro atoms. The molecule has 1 amide bonds. The zero-order valence-corrected chi connectivity index (χ0v) is 13.0. The van der Waals surface area contributed by atoms with Gasteiger partial charge in [0.2, 0.25) is 18.2 Å². The fourth-order valence-electron chi connectivity index (χ4n) is 2.76. The van der Waals surface area contributed by atoms with E-state index >= 15 is 0 Å². The van der Waals surface area contributed by atoms with Gasteiger partial charge in [-0.2, -0.15) is 0 Å². The summed E-state index contributed by atoms with van der Waals surface area (Å²) in [5.74, 6) is 0.0805. The summed E-state index contributed by atoms with van der Waals surface area (Å²) in [4.78, 5) is 13.7. The first-order valence-corrected chi connectivity index (χ1v) is 7.80. The summed E-state index contributed by atoms with van der Waals surface area (Å²) < 4.78 is 30.2. The Morgan fingerprint density at radius 2 is 2.12 bits per heavy atom. The first-order chi connectivity index (χ1) is 11.6. The number of carbonyl (C=O) groups excluding carboxylic acids is 1. The number of rotatable bonds is 6. The maximum atomic E-state index is 12.4. The van der Waals surface area contributed by atoms with Crippen molar-refractivity contribution in [1.82, 2.24) is 15.1 Å². The Balaban J connectivity index is 1.50. The van der Waals surface area contributed by atoms with Crippen molar-refractivity contribution in [3.05, 3.63) is 30.3 Å². The second-order valence-corrected chi connectivity index (χ2v) is 5.75. The minimum atomic E-state index is -2.32. The topological polar surface area (TPSA) is 71.3 Å². The van der Waals surface area contributed by atoms with Crippen LogP contribution in [-0.4, -0.2) is 47.1 Å². The van der Waals surface area contributed by atoms with Gasteiger partial charge in [-0.05, 0) is 24.5 Å². The molecule has 3 rings (SSSR count). The monoisotopic (exact) mass is 336 g/mol. The number of hydrogen-bond acceptors (Lipinski definition) is 5. The van der Waals surface area contributed by atoms with Gasteiger partial charge in [0.25, 0.3) is 0 Å². The molecular weight excluding hydrogens is 318 g/mol. The number of benzene rings is 1. The lowest BCUT2D eigenvalue weighted by Gasteiger charge is -2.16. The van der Waals surface area contributed by atoms with Crippen LogP contribution in [0, 0.1) is 5.92 Å². The number of carbonyl (C=O) groups is 1. The minimum absolute atomic E-state index is 0.00216. The first-order valence-electron chi connectivity index (χ1n) is 7.80. The largest absolute Gasteiger partial charge is 0.403 e. The van der Waals surface area contributed by atoms with Gasteiger partial charge in [0.05, 0.1) is 6.54 Å². The van der Waals surface area contributed by atoms with Crippen LogP contribution in [0.1, 0.15) is 12.8 Å². The molecule has 24 heavy (non-hydrogen) atoms. The lowest BCUT2D eigenvalue weighted by Crippen LogP contribution is -2.34. The second kappa shape index (κ2) is 7.37. The van der Waals surface area contributed by atoms with E-state index in [1.807, 2.05) is 30.3 Å². The number of nitrogens with zero attached hydrogens (tertiary/aromatic N) is 3. The first kappa shape index (κ1) is 16.4.